The Labute approximate surface area is 72.6 Å². The molecular weight excluding hydrogens is 154 g/mol. The van der Waals surface area contributed by atoms with Crippen molar-refractivity contribution in [2.24, 2.45) is 7.05 Å². The summed E-state index contributed by atoms with van der Waals surface area (Å²) in [4.78, 5) is 0. The van der Waals surface area contributed by atoms with Gasteiger partial charge in [-0.25, -0.2) is 0 Å². The van der Waals surface area contributed by atoms with Gasteiger partial charge >= 0.3 is 0 Å². The van der Waals surface area contributed by atoms with Gasteiger partial charge in [0.1, 0.15) is 12.2 Å². The maximum absolute atomic E-state index is 5.33. The van der Waals surface area contributed by atoms with E-state index in [-0.39, 0.29) is 0 Å². The highest BCUT2D eigenvalue weighted by atomic mass is 16.5. The summed E-state index contributed by atoms with van der Waals surface area (Å²) in [5.74, 6) is 0.978. The van der Waals surface area contributed by atoms with E-state index in [0.717, 1.165) is 31.9 Å². The first-order chi connectivity index (χ1) is 5.84. The van der Waals surface area contributed by atoms with Gasteiger partial charge in [-0.05, 0) is 6.42 Å². The average Bonchev–Trinajstić information content (AvgIpc) is 2.46. The molecule has 4 nitrogen and oxygen atoms in total. The smallest absolute Gasteiger partial charge is 0.134 e. The number of hydrogen-bond donors (Lipinski definition) is 0. The molecule has 0 spiro atoms. The van der Waals surface area contributed by atoms with E-state index in [9.17, 15) is 0 Å². The summed E-state index contributed by atoms with van der Waals surface area (Å²) in [6, 6.07) is 0. The van der Waals surface area contributed by atoms with Crippen molar-refractivity contribution in [1.82, 2.24) is 14.8 Å². The zero-order valence-corrected chi connectivity index (χ0v) is 7.66. The van der Waals surface area contributed by atoms with E-state index < -0.39 is 0 Å². The lowest BCUT2D eigenvalue weighted by molar-refractivity contribution is 0.136. The van der Waals surface area contributed by atoms with Gasteiger partial charge in [-0.1, -0.05) is 6.92 Å². The lowest BCUT2D eigenvalue weighted by atomic mass is 10.4. The van der Waals surface area contributed by atoms with Gasteiger partial charge in [-0.2, -0.15) is 0 Å². The molecule has 4 heteroatoms. The minimum atomic E-state index is 0.736. The zero-order chi connectivity index (χ0) is 8.81. The second-order valence-electron chi connectivity index (χ2n) is 2.72. The Bertz CT molecular complexity index is 222. The fraction of sp³-hybridized carbons (Fsp3) is 0.750. The Balaban J connectivity index is 2.20. The van der Waals surface area contributed by atoms with Crippen LogP contribution in [0.4, 0.5) is 0 Å². The summed E-state index contributed by atoms with van der Waals surface area (Å²) in [5, 5.41) is 7.72. The van der Waals surface area contributed by atoms with Crippen LogP contribution in [0.3, 0.4) is 0 Å². The number of aromatic nitrogens is 3. The van der Waals surface area contributed by atoms with Crippen molar-refractivity contribution in [3.8, 4) is 0 Å². The van der Waals surface area contributed by atoms with Gasteiger partial charge in [0.15, 0.2) is 0 Å². The van der Waals surface area contributed by atoms with E-state index in [1.807, 2.05) is 11.6 Å². The summed E-state index contributed by atoms with van der Waals surface area (Å²) in [5.41, 5.74) is 0. The van der Waals surface area contributed by atoms with E-state index >= 15 is 0 Å². The van der Waals surface area contributed by atoms with E-state index in [1.165, 1.54) is 0 Å². The molecule has 0 atom stereocenters. The summed E-state index contributed by atoms with van der Waals surface area (Å²) in [6.45, 7) is 3.67. The first-order valence-corrected chi connectivity index (χ1v) is 4.25. The molecule has 0 aromatic carbocycles. The summed E-state index contributed by atoms with van der Waals surface area (Å²) < 4.78 is 7.24. The minimum absolute atomic E-state index is 0.736. The molecule has 1 aromatic rings. The van der Waals surface area contributed by atoms with Crippen molar-refractivity contribution in [3.05, 3.63) is 12.2 Å². The van der Waals surface area contributed by atoms with Crippen LogP contribution in [0, 0.1) is 0 Å². The Kier molecular flexibility index (Phi) is 3.73. The highest BCUT2D eigenvalue weighted by molar-refractivity contribution is 4.83. The summed E-state index contributed by atoms with van der Waals surface area (Å²) >= 11 is 0. The van der Waals surface area contributed by atoms with Crippen LogP contribution in [0.15, 0.2) is 6.33 Å². The Morgan fingerprint density at radius 1 is 1.50 bits per heavy atom. The normalized spacial score (nSPS) is 10.5. The maximum Gasteiger partial charge on any atom is 0.134 e. The standard InChI is InChI=1S/C8H15N3O/c1-3-5-12-6-4-8-10-9-7-11(8)2/h7H,3-6H2,1-2H3. The fourth-order valence-electron chi connectivity index (χ4n) is 0.943. The summed E-state index contributed by atoms with van der Waals surface area (Å²) in [6.07, 6.45) is 3.62. The van der Waals surface area contributed by atoms with Crippen LogP contribution < -0.4 is 0 Å². The molecule has 0 N–H and O–H groups in total. The van der Waals surface area contributed by atoms with Crippen LogP contribution in [0.2, 0.25) is 0 Å². The van der Waals surface area contributed by atoms with Crippen molar-refractivity contribution in [2.75, 3.05) is 13.2 Å². The van der Waals surface area contributed by atoms with Crippen LogP contribution in [-0.4, -0.2) is 28.0 Å². The molecular formula is C8H15N3O. The van der Waals surface area contributed by atoms with E-state index in [2.05, 4.69) is 17.1 Å². The zero-order valence-electron chi connectivity index (χ0n) is 7.66. The van der Waals surface area contributed by atoms with E-state index in [0.29, 0.717) is 0 Å². The van der Waals surface area contributed by atoms with Crippen LogP contribution in [-0.2, 0) is 18.2 Å². The van der Waals surface area contributed by atoms with Gasteiger partial charge in [0.2, 0.25) is 0 Å². The van der Waals surface area contributed by atoms with Crippen molar-refractivity contribution in [3.63, 3.8) is 0 Å². The predicted molar refractivity (Wildman–Crippen MR) is 45.8 cm³/mol. The quantitative estimate of drug-likeness (QED) is 0.612. The van der Waals surface area contributed by atoms with Crippen molar-refractivity contribution in [1.29, 1.82) is 0 Å². The van der Waals surface area contributed by atoms with Gasteiger partial charge < -0.3 is 9.30 Å². The van der Waals surface area contributed by atoms with Crippen LogP contribution in [0.25, 0.3) is 0 Å². The topological polar surface area (TPSA) is 39.9 Å². The SMILES string of the molecule is CCCOCCc1nncn1C. The van der Waals surface area contributed by atoms with Crippen LogP contribution in [0.1, 0.15) is 19.2 Å². The Morgan fingerprint density at radius 3 is 2.92 bits per heavy atom. The first kappa shape index (κ1) is 9.19. The highest BCUT2D eigenvalue weighted by Gasteiger charge is 1.98. The third kappa shape index (κ3) is 2.62. The lowest BCUT2D eigenvalue weighted by Crippen LogP contribution is -2.04. The number of ether oxygens (including phenoxy) is 1. The summed E-state index contributed by atoms with van der Waals surface area (Å²) in [7, 11) is 1.94. The van der Waals surface area contributed by atoms with E-state index in [1.54, 1.807) is 6.33 Å². The van der Waals surface area contributed by atoms with Gasteiger partial charge in [0.05, 0.1) is 6.61 Å². The molecule has 0 saturated heterocycles. The highest BCUT2D eigenvalue weighted by Crippen LogP contribution is 1.93. The molecule has 0 bridgehead atoms. The Hall–Kier alpha value is -0.900. The number of hydrogen-bond acceptors (Lipinski definition) is 3. The molecule has 1 rings (SSSR count). The van der Waals surface area contributed by atoms with Crippen molar-refractivity contribution >= 4 is 0 Å². The minimum Gasteiger partial charge on any atom is -0.381 e. The third-order valence-electron chi connectivity index (χ3n) is 1.62. The molecule has 1 aromatic heterocycles. The number of aryl methyl sites for hydroxylation is 1. The molecule has 0 aliphatic rings. The van der Waals surface area contributed by atoms with Crippen LogP contribution in [0.5, 0.6) is 0 Å². The van der Waals surface area contributed by atoms with Crippen molar-refractivity contribution < 1.29 is 4.74 Å². The van der Waals surface area contributed by atoms with Gasteiger partial charge in [-0.3, -0.25) is 0 Å². The van der Waals surface area contributed by atoms with Crippen LogP contribution >= 0.6 is 0 Å². The molecule has 1 heterocycles. The van der Waals surface area contributed by atoms with Gasteiger partial charge in [-0.15, -0.1) is 10.2 Å². The average molecular weight is 169 g/mol. The second kappa shape index (κ2) is 4.87. The lowest BCUT2D eigenvalue weighted by Gasteiger charge is -2.01. The molecule has 0 aliphatic heterocycles. The predicted octanol–water partition coefficient (Wildman–Crippen LogP) is 0.784. The Morgan fingerprint density at radius 2 is 2.33 bits per heavy atom. The van der Waals surface area contributed by atoms with Gasteiger partial charge in [0.25, 0.3) is 0 Å². The second-order valence-corrected chi connectivity index (χ2v) is 2.72. The molecule has 12 heavy (non-hydrogen) atoms. The van der Waals surface area contributed by atoms with Crippen molar-refractivity contribution in [2.45, 2.75) is 19.8 Å². The maximum atomic E-state index is 5.33. The third-order valence-corrected chi connectivity index (χ3v) is 1.62. The number of rotatable bonds is 5. The van der Waals surface area contributed by atoms with E-state index in [4.69, 9.17) is 4.74 Å². The molecule has 0 amide bonds. The largest absolute Gasteiger partial charge is 0.381 e. The first-order valence-electron chi connectivity index (χ1n) is 4.25. The molecule has 0 aliphatic carbocycles. The molecule has 0 unspecified atom stereocenters. The van der Waals surface area contributed by atoms with Gasteiger partial charge in [0, 0.05) is 20.1 Å². The fourth-order valence-corrected chi connectivity index (χ4v) is 0.943. The molecule has 0 fully saturated rings. The molecule has 0 radical (unpaired) electrons. The monoisotopic (exact) mass is 169 g/mol. The molecule has 68 valence electrons. The molecule has 0 saturated carbocycles. The number of nitrogens with zero attached hydrogens (tertiary/aromatic N) is 3.